The number of nitrogens with zero attached hydrogens (tertiary/aromatic N) is 1. The molecule has 17 heavy (non-hydrogen) atoms. The van der Waals surface area contributed by atoms with Crippen molar-refractivity contribution in [3.8, 4) is 0 Å². The molecule has 1 atom stereocenters. The molecule has 2 aromatic rings. The van der Waals surface area contributed by atoms with Gasteiger partial charge < -0.3 is 10.1 Å². The van der Waals surface area contributed by atoms with Gasteiger partial charge >= 0.3 is 0 Å². The highest BCUT2D eigenvalue weighted by Crippen LogP contribution is 2.23. The lowest BCUT2D eigenvalue weighted by Gasteiger charge is -2.21. The third kappa shape index (κ3) is 2.67. The van der Waals surface area contributed by atoms with Crippen molar-refractivity contribution in [3.63, 3.8) is 0 Å². The standard InChI is InChI=1S/C14H20N2O/c1-4-5-14(3,17)7-11-6-12-10(2)8-15-9-13(12)16-11/h6,8-9,16-17H,4-5,7H2,1-3H3. The molecule has 0 bridgehead atoms. The number of hydrogen-bond donors (Lipinski definition) is 2. The van der Waals surface area contributed by atoms with E-state index < -0.39 is 5.60 Å². The number of aliphatic hydroxyl groups is 1. The van der Waals surface area contributed by atoms with Crippen LogP contribution in [0, 0.1) is 6.92 Å². The second-order valence-corrected chi connectivity index (χ2v) is 5.14. The van der Waals surface area contributed by atoms with E-state index in [1.165, 1.54) is 10.9 Å². The maximum absolute atomic E-state index is 10.2. The van der Waals surface area contributed by atoms with Gasteiger partial charge in [0.05, 0.1) is 17.3 Å². The molecule has 0 aliphatic rings. The Kier molecular flexibility index (Phi) is 3.20. The number of rotatable bonds is 4. The third-order valence-corrected chi connectivity index (χ3v) is 3.16. The molecule has 2 N–H and O–H groups in total. The molecule has 0 spiro atoms. The fourth-order valence-corrected chi connectivity index (χ4v) is 2.38. The van der Waals surface area contributed by atoms with Crippen LogP contribution in [-0.2, 0) is 6.42 Å². The second kappa shape index (κ2) is 4.49. The summed E-state index contributed by atoms with van der Waals surface area (Å²) >= 11 is 0. The summed E-state index contributed by atoms with van der Waals surface area (Å²) in [7, 11) is 0. The Bertz CT molecular complexity index is 514. The van der Waals surface area contributed by atoms with E-state index in [1.807, 2.05) is 19.3 Å². The van der Waals surface area contributed by atoms with Crippen molar-refractivity contribution in [2.45, 2.75) is 45.6 Å². The molecule has 2 rings (SSSR count). The van der Waals surface area contributed by atoms with Crippen LogP contribution < -0.4 is 0 Å². The lowest BCUT2D eigenvalue weighted by molar-refractivity contribution is 0.0498. The van der Waals surface area contributed by atoms with Crippen LogP contribution in [0.3, 0.4) is 0 Å². The van der Waals surface area contributed by atoms with Crippen molar-refractivity contribution in [3.05, 3.63) is 29.7 Å². The van der Waals surface area contributed by atoms with Gasteiger partial charge in [-0.2, -0.15) is 0 Å². The van der Waals surface area contributed by atoms with Gasteiger partial charge in [-0.25, -0.2) is 0 Å². The first-order chi connectivity index (χ1) is 8.02. The van der Waals surface area contributed by atoms with E-state index in [0.29, 0.717) is 6.42 Å². The Morgan fingerprint density at radius 1 is 1.41 bits per heavy atom. The fraction of sp³-hybridized carbons (Fsp3) is 0.500. The zero-order valence-corrected chi connectivity index (χ0v) is 10.7. The Morgan fingerprint density at radius 3 is 2.82 bits per heavy atom. The van der Waals surface area contributed by atoms with Gasteiger partial charge in [0, 0.05) is 23.7 Å². The van der Waals surface area contributed by atoms with Crippen molar-refractivity contribution >= 4 is 10.9 Å². The molecular formula is C14H20N2O. The average molecular weight is 232 g/mol. The van der Waals surface area contributed by atoms with Gasteiger partial charge in [0.2, 0.25) is 0 Å². The highest BCUT2D eigenvalue weighted by atomic mass is 16.3. The lowest BCUT2D eigenvalue weighted by Crippen LogP contribution is -2.26. The molecule has 0 fully saturated rings. The Balaban J connectivity index is 2.28. The molecule has 0 aliphatic heterocycles. The Morgan fingerprint density at radius 2 is 2.18 bits per heavy atom. The number of nitrogens with one attached hydrogen (secondary N) is 1. The number of aryl methyl sites for hydroxylation is 1. The van der Waals surface area contributed by atoms with Crippen molar-refractivity contribution < 1.29 is 5.11 Å². The molecule has 2 heterocycles. The molecule has 0 saturated heterocycles. The van der Waals surface area contributed by atoms with Crippen LogP contribution in [-0.4, -0.2) is 20.7 Å². The molecule has 0 radical (unpaired) electrons. The highest BCUT2D eigenvalue weighted by Gasteiger charge is 2.20. The molecule has 3 heteroatoms. The smallest absolute Gasteiger partial charge is 0.0674 e. The summed E-state index contributed by atoms with van der Waals surface area (Å²) in [6.07, 6.45) is 6.17. The SMILES string of the molecule is CCCC(C)(O)Cc1cc2c(C)cncc2[nH]1. The molecule has 1 unspecified atom stereocenters. The summed E-state index contributed by atoms with van der Waals surface area (Å²) < 4.78 is 0. The first kappa shape index (κ1) is 12.1. The van der Waals surface area contributed by atoms with Crippen LogP contribution in [0.25, 0.3) is 10.9 Å². The highest BCUT2D eigenvalue weighted by molar-refractivity contribution is 5.82. The fourth-order valence-electron chi connectivity index (χ4n) is 2.38. The summed E-state index contributed by atoms with van der Waals surface area (Å²) in [4.78, 5) is 7.49. The minimum absolute atomic E-state index is 0.628. The predicted molar refractivity (Wildman–Crippen MR) is 70.1 cm³/mol. The van der Waals surface area contributed by atoms with E-state index in [1.54, 1.807) is 0 Å². The van der Waals surface area contributed by atoms with E-state index in [-0.39, 0.29) is 0 Å². The van der Waals surface area contributed by atoms with Gasteiger partial charge in [0.1, 0.15) is 0 Å². The van der Waals surface area contributed by atoms with Crippen molar-refractivity contribution in [2.24, 2.45) is 0 Å². The topological polar surface area (TPSA) is 48.9 Å². The zero-order chi connectivity index (χ0) is 12.5. The number of hydrogen-bond acceptors (Lipinski definition) is 2. The molecule has 0 amide bonds. The van der Waals surface area contributed by atoms with Gasteiger partial charge in [-0.15, -0.1) is 0 Å². The van der Waals surface area contributed by atoms with Gasteiger partial charge in [0.15, 0.2) is 0 Å². The van der Waals surface area contributed by atoms with Crippen LogP contribution in [0.2, 0.25) is 0 Å². The quantitative estimate of drug-likeness (QED) is 0.851. The predicted octanol–water partition coefficient (Wildman–Crippen LogP) is 2.96. The minimum atomic E-state index is -0.628. The summed E-state index contributed by atoms with van der Waals surface area (Å²) in [5.41, 5.74) is 2.67. The first-order valence-electron chi connectivity index (χ1n) is 6.16. The van der Waals surface area contributed by atoms with Crippen molar-refractivity contribution in [2.75, 3.05) is 0 Å². The molecule has 3 nitrogen and oxygen atoms in total. The van der Waals surface area contributed by atoms with Gasteiger partial charge in [-0.05, 0) is 31.9 Å². The summed E-state index contributed by atoms with van der Waals surface area (Å²) in [6.45, 7) is 6.04. The van der Waals surface area contributed by atoms with Crippen LogP contribution in [0.4, 0.5) is 0 Å². The van der Waals surface area contributed by atoms with Gasteiger partial charge in [0.25, 0.3) is 0 Å². The number of aromatic amines is 1. The van der Waals surface area contributed by atoms with Crippen LogP contribution in [0.1, 0.15) is 37.9 Å². The Hall–Kier alpha value is -1.35. The maximum atomic E-state index is 10.2. The van der Waals surface area contributed by atoms with E-state index in [9.17, 15) is 5.11 Å². The monoisotopic (exact) mass is 232 g/mol. The Labute approximate surface area is 102 Å². The number of aromatic nitrogens is 2. The largest absolute Gasteiger partial charge is 0.390 e. The normalized spacial score (nSPS) is 15.1. The van der Waals surface area contributed by atoms with E-state index >= 15 is 0 Å². The van der Waals surface area contributed by atoms with Crippen molar-refractivity contribution in [1.82, 2.24) is 9.97 Å². The summed E-state index contributed by atoms with van der Waals surface area (Å²) in [5, 5.41) is 11.4. The van der Waals surface area contributed by atoms with Crippen LogP contribution in [0.15, 0.2) is 18.5 Å². The van der Waals surface area contributed by atoms with Crippen LogP contribution >= 0.6 is 0 Å². The van der Waals surface area contributed by atoms with E-state index in [4.69, 9.17) is 0 Å². The summed E-state index contributed by atoms with van der Waals surface area (Å²) in [6, 6.07) is 2.12. The molecule has 0 aliphatic carbocycles. The van der Waals surface area contributed by atoms with Gasteiger partial charge in [-0.1, -0.05) is 13.3 Å². The molecule has 0 aromatic carbocycles. The van der Waals surface area contributed by atoms with Crippen molar-refractivity contribution in [1.29, 1.82) is 0 Å². The third-order valence-electron chi connectivity index (χ3n) is 3.16. The number of fused-ring (bicyclic) bond motifs is 1. The van der Waals surface area contributed by atoms with Gasteiger partial charge in [-0.3, -0.25) is 4.98 Å². The van der Waals surface area contributed by atoms with E-state index in [0.717, 1.165) is 24.1 Å². The minimum Gasteiger partial charge on any atom is -0.390 e. The second-order valence-electron chi connectivity index (χ2n) is 5.14. The number of H-pyrrole nitrogens is 1. The first-order valence-corrected chi connectivity index (χ1v) is 6.16. The molecule has 2 aromatic heterocycles. The molecule has 92 valence electrons. The average Bonchev–Trinajstić information content (AvgIpc) is 2.60. The molecular weight excluding hydrogens is 212 g/mol. The maximum Gasteiger partial charge on any atom is 0.0674 e. The lowest BCUT2D eigenvalue weighted by atomic mass is 9.95. The zero-order valence-electron chi connectivity index (χ0n) is 10.7. The summed E-state index contributed by atoms with van der Waals surface area (Å²) in [5.74, 6) is 0. The van der Waals surface area contributed by atoms with E-state index in [2.05, 4.69) is 29.9 Å². The number of pyridine rings is 1. The van der Waals surface area contributed by atoms with Crippen LogP contribution in [0.5, 0.6) is 0 Å². The molecule has 0 saturated carbocycles.